The topological polar surface area (TPSA) is 116 Å². The number of amides is 1. The second-order valence-corrected chi connectivity index (χ2v) is 12.2. The summed E-state index contributed by atoms with van der Waals surface area (Å²) in [6.45, 7) is 15.1. The highest BCUT2D eigenvalue weighted by Crippen LogP contribution is 2.25. The number of piperazine rings is 1. The summed E-state index contributed by atoms with van der Waals surface area (Å²) in [4.78, 5) is 46.9. The van der Waals surface area contributed by atoms with E-state index < -0.39 is 17.4 Å². The number of imidazole rings is 1. The van der Waals surface area contributed by atoms with E-state index in [1.54, 1.807) is 35.2 Å². The molecule has 0 saturated carbocycles. The Morgan fingerprint density at radius 2 is 1.96 bits per heavy atom. The van der Waals surface area contributed by atoms with Crippen molar-refractivity contribution in [1.29, 1.82) is 0 Å². The Labute approximate surface area is 265 Å². The van der Waals surface area contributed by atoms with Gasteiger partial charge in [-0.3, -0.25) is 14.6 Å². The number of hydrogen-bond acceptors (Lipinski definition) is 9. The number of anilines is 1. The summed E-state index contributed by atoms with van der Waals surface area (Å²) in [5.41, 5.74) is 1.29. The third-order valence-corrected chi connectivity index (χ3v) is 7.65. The van der Waals surface area contributed by atoms with E-state index in [0.717, 1.165) is 12.2 Å². The highest BCUT2D eigenvalue weighted by atomic mass is 19.1. The molecule has 4 aromatic rings. The van der Waals surface area contributed by atoms with Gasteiger partial charge in [0.05, 0.1) is 32.3 Å². The van der Waals surface area contributed by atoms with Gasteiger partial charge >= 0.3 is 5.97 Å². The molecule has 0 unspecified atom stereocenters. The van der Waals surface area contributed by atoms with Gasteiger partial charge in [-0.25, -0.2) is 24.0 Å². The molecule has 3 aromatic heterocycles. The average Bonchev–Trinajstić information content (AvgIpc) is 3.33. The molecular weight excluding hydrogens is 593 g/mol. The van der Waals surface area contributed by atoms with Crippen LogP contribution in [0.25, 0.3) is 16.0 Å². The van der Waals surface area contributed by atoms with Crippen molar-refractivity contribution >= 4 is 34.5 Å². The molecule has 1 atom stereocenters. The Balaban J connectivity index is 1.14. The lowest BCUT2D eigenvalue weighted by Crippen LogP contribution is -2.50. The Bertz CT molecular complexity index is 1830. The van der Waals surface area contributed by atoms with E-state index in [1.165, 1.54) is 18.2 Å². The fourth-order valence-electron chi connectivity index (χ4n) is 5.25. The summed E-state index contributed by atoms with van der Waals surface area (Å²) in [5.74, 6) is 0.267. The molecule has 2 fully saturated rings. The average molecular weight is 628 g/mol. The van der Waals surface area contributed by atoms with Crippen molar-refractivity contribution in [2.24, 2.45) is 0 Å². The molecule has 46 heavy (non-hydrogen) atoms. The number of rotatable bonds is 9. The molecule has 0 bridgehead atoms. The van der Waals surface area contributed by atoms with Crippen LogP contribution in [0.1, 0.15) is 49.1 Å². The molecule has 2 aliphatic rings. The molecule has 0 radical (unpaired) electrons. The second-order valence-electron chi connectivity index (χ2n) is 12.2. The highest BCUT2D eigenvalue weighted by Gasteiger charge is 2.29. The number of hydrogen-bond donors (Lipinski definition) is 0. The maximum atomic E-state index is 14.3. The minimum absolute atomic E-state index is 0.0248. The van der Waals surface area contributed by atoms with Crippen molar-refractivity contribution in [3.63, 3.8) is 0 Å². The molecule has 238 valence electrons. The molecule has 6 rings (SSSR count). The van der Waals surface area contributed by atoms with Crippen molar-refractivity contribution in [3.8, 4) is 5.88 Å². The predicted molar refractivity (Wildman–Crippen MR) is 166 cm³/mol. The summed E-state index contributed by atoms with van der Waals surface area (Å²) >= 11 is 0. The zero-order valence-electron chi connectivity index (χ0n) is 25.9. The lowest BCUT2D eigenvalue weighted by molar-refractivity contribution is -0.121. The van der Waals surface area contributed by atoms with Crippen molar-refractivity contribution in [3.05, 3.63) is 82.8 Å². The fraction of sp³-hybridized carbons (Fsp3) is 0.394. The van der Waals surface area contributed by atoms with Gasteiger partial charge in [-0.2, -0.15) is 4.98 Å². The van der Waals surface area contributed by atoms with Gasteiger partial charge in [0.2, 0.25) is 11.8 Å². The van der Waals surface area contributed by atoms with Crippen LogP contribution in [0.2, 0.25) is 0 Å². The van der Waals surface area contributed by atoms with Crippen molar-refractivity contribution in [2.45, 2.75) is 58.6 Å². The molecule has 1 amide bonds. The molecule has 13 heteroatoms. The van der Waals surface area contributed by atoms with Crippen molar-refractivity contribution in [2.75, 3.05) is 31.1 Å². The number of carbonyl (C=O) groups is 2. The van der Waals surface area contributed by atoms with Crippen LogP contribution in [0.5, 0.6) is 5.88 Å². The molecule has 0 aliphatic carbocycles. The van der Waals surface area contributed by atoms with Crippen LogP contribution in [0.3, 0.4) is 0 Å². The first kappa shape index (κ1) is 31.1. The number of halogens is 1. The number of nitrogens with zero attached hydrogens (tertiary/aromatic N) is 7. The Morgan fingerprint density at radius 3 is 2.65 bits per heavy atom. The predicted octanol–water partition coefficient (Wildman–Crippen LogP) is 4.69. The molecular formula is C33H34FN7O5. The smallest absolute Gasteiger partial charge is 0.357 e. The monoisotopic (exact) mass is 627 g/mol. The third-order valence-electron chi connectivity index (χ3n) is 7.65. The summed E-state index contributed by atoms with van der Waals surface area (Å²) in [6, 6.07) is 12.7. The summed E-state index contributed by atoms with van der Waals surface area (Å²) in [5, 5.41) is 0. The largest absolute Gasteiger partial charge is 0.473 e. The van der Waals surface area contributed by atoms with E-state index >= 15 is 0 Å². The minimum Gasteiger partial charge on any atom is -0.473 e. The SMILES string of the molecule is [C-]#[N+]c1ccc(COc2cccc(N3CCN(Cc4nc5ccc(C(=O)OC(C)(C)C)nc5n4C[C@@H]4CCO4)CC3=O)n2)c(F)c1. The van der Waals surface area contributed by atoms with Crippen molar-refractivity contribution in [1.82, 2.24) is 24.4 Å². The van der Waals surface area contributed by atoms with E-state index in [4.69, 9.17) is 25.8 Å². The van der Waals surface area contributed by atoms with Crippen molar-refractivity contribution < 1.29 is 28.2 Å². The number of fused-ring (bicyclic) bond motifs is 1. The number of aromatic nitrogens is 4. The zero-order chi connectivity index (χ0) is 32.4. The van der Waals surface area contributed by atoms with E-state index in [2.05, 4.69) is 14.8 Å². The number of ether oxygens (including phenoxy) is 3. The summed E-state index contributed by atoms with van der Waals surface area (Å²) < 4.78 is 33.2. The van der Waals surface area contributed by atoms with Crippen LogP contribution in [-0.4, -0.2) is 74.2 Å². The lowest BCUT2D eigenvalue weighted by Gasteiger charge is -2.34. The molecule has 2 aliphatic heterocycles. The number of carbonyl (C=O) groups excluding carboxylic acids is 2. The first-order valence-corrected chi connectivity index (χ1v) is 15.1. The standard InChI is InChI=1S/C33H34FN7O5/c1-33(2,3)46-32(43)26-11-10-25-31(37-26)41(17-23-12-15-44-23)28(36-25)18-39-13-14-40(30(42)19-39)27-6-5-7-29(38-27)45-20-21-8-9-22(35-4)16-24(21)34/h5-11,16,23H,12-15,17-20H2,1-3H3/t23-/m0/s1. The van der Waals surface area contributed by atoms with Crippen LogP contribution >= 0.6 is 0 Å². The van der Waals surface area contributed by atoms with Gasteiger partial charge in [0.15, 0.2) is 17.0 Å². The van der Waals surface area contributed by atoms with E-state index in [-0.39, 0.29) is 42.4 Å². The van der Waals surface area contributed by atoms with Gasteiger partial charge < -0.3 is 18.8 Å². The summed E-state index contributed by atoms with van der Waals surface area (Å²) in [6.07, 6.45) is 0.943. The van der Waals surface area contributed by atoms with E-state index in [1.807, 2.05) is 30.2 Å². The summed E-state index contributed by atoms with van der Waals surface area (Å²) in [7, 11) is 0. The zero-order valence-corrected chi connectivity index (χ0v) is 25.9. The molecule has 0 spiro atoms. The second kappa shape index (κ2) is 12.8. The molecule has 1 aromatic carbocycles. The molecule has 5 heterocycles. The van der Waals surface area contributed by atoms with E-state index in [9.17, 15) is 14.0 Å². The maximum Gasteiger partial charge on any atom is 0.357 e. The van der Waals surface area contributed by atoms with E-state index in [0.29, 0.717) is 55.3 Å². The van der Waals surface area contributed by atoms with Crippen LogP contribution < -0.4 is 9.64 Å². The highest BCUT2D eigenvalue weighted by molar-refractivity contribution is 5.94. The quantitative estimate of drug-likeness (QED) is 0.193. The van der Waals surface area contributed by atoms with Gasteiger partial charge in [-0.1, -0.05) is 18.2 Å². The Kier molecular flexibility index (Phi) is 8.66. The molecule has 12 nitrogen and oxygen atoms in total. The Morgan fingerprint density at radius 1 is 1.13 bits per heavy atom. The number of esters is 1. The van der Waals surface area contributed by atoms with Gasteiger partial charge in [0.25, 0.3) is 0 Å². The molecule has 2 saturated heterocycles. The van der Waals surface area contributed by atoms with Gasteiger partial charge in [-0.15, -0.1) is 0 Å². The number of pyridine rings is 2. The first-order chi connectivity index (χ1) is 22.1. The van der Waals surface area contributed by atoms with Gasteiger partial charge in [-0.05, 0) is 51.5 Å². The molecule has 0 N–H and O–H groups in total. The fourth-order valence-corrected chi connectivity index (χ4v) is 5.25. The lowest BCUT2D eigenvalue weighted by atomic mass is 10.2. The minimum atomic E-state index is -0.649. The normalized spacial score (nSPS) is 17.1. The van der Waals surface area contributed by atoms with Crippen LogP contribution in [0, 0.1) is 12.4 Å². The third kappa shape index (κ3) is 6.98. The first-order valence-electron chi connectivity index (χ1n) is 15.1. The van der Waals surface area contributed by atoms with Gasteiger partial charge in [0, 0.05) is 31.3 Å². The Hall–Kier alpha value is -4.93. The maximum absolute atomic E-state index is 14.3. The number of benzene rings is 1. The van der Waals surface area contributed by atoms with Crippen LogP contribution in [0.4, 0.5) is 15.9 Å². The van der Waals surface area contributed by atoms with Gasteiger partial charge in [0.1, 0.15) is 35.2 Å². The van der Waals surface area contributed by atoms with Crippen LogP contribution in [0.15, 0.2) is 48.5 Å². The van der Waals surface area contributed by atoms with Crippen LogP contribution in [-0.2, 0) is 34.0 Å².